The van der Waals surface area contributed by atoms with Crippen molar-refractivity contribution in [3.05, 3.63) is 0 Å². The van der Waals surface area contributed by atoms with Crippen molar-refractivity contribution in [2.45, 2.75) is 115 Å². The Bertz CT molecular complexity index is 1410. The number of aliphatic hydroxyl groups is 2. The molecule has 0 saturated carbocycles. The first-order valence-electron chi connectivity index (χ1n) is 17.4. The highest BCUT2D eigenvalue weighted by atomic mass is 16.3. The van der Waals surface area contributed by atoms with E-state index in [1.807, 2.05) is 0 Å². The molecule has 3 fully saturated rings. The molecule has 0 spiro atoms. The zero-order chi connectivity index (χ0) is 38.9. The standard InChI is InChI=1S/C32H51N9O11/c1-16(26(33)46)35-29(49)22-9-6-12-40(22)32(52)23-10-7-13-41(23)31(51)17(2)36-30(50)25(18(3)43)38-27(47)20(15-42)37-24(45)14-34-28(48)21-8-5-11-39(21)19(4)44/h16-18,20-23,25,42-43H,5-15H2,1-4H3,(H2,33,46)(H,34,48)(H,35,49)(H,36,50)(H,37,45)(H,38,47). The van der Waals surface area contributed by atoms with Crippen molar-refractivity contribution < 1.29 is 53.4 Å². The average molecular weight is 738 g/mol. The third-order valence-electron chi connectivity index (χ3n) is 9.45. The van der Waals surface area contributed by atoms with E-state index in [4.69, 9.17) is 5.73 Å². The monoisotopic (exact) mass is 737 g/mol. The van der Waals surface area contributed by atoms with Gasteiger partial charge in [-0.15, -0.1) is 0 Å². The second-order valence-electron chi connectivity index (χ2n) is 13.4. The minimum absolute atomic E-state index is 0.198. The van der Waals surface area contributed by atoms with Crippen LogP contribution in [0, 0.1) is 0 Å². The van der Waals surface area contributed by atoms with Crippen LogP contribution >= 0.6 is 0 Å². The number of aliphatic hydroxyl groups excluding tert-OH is 2. The van der Waals surface area contributed by atoms with Gasteiger partial charge in [0.25, 0.3) is 0 Å². The van der Waals surface area contributed by atoms with E-state index in [-0.39, 0.29) is 19.0 Å². The highest BCUT2D eigenvalue weighted by Crippen LogP contribution is 2.26. The first kappa shape index (κ1) is 41.6. The number of hydrogen-bond donors (Lipinski definition) is 8. The summed E-state index contributed by atoms with van der Waals surface area (Å²) in [5.41, 5.74) is 5.24. The molecule has 0 aromatic heterocycles. The van der Waals surface area contributed by atoms with Crippen molar-refractivity contribution in [1.82, 2.24) is 41.3 Å². The van der Waals surface area contributed by atoms with Crippen molar-refractivity contribution in [1.29, 1.82) is 0 Å². The number of carbonyl (C=O) groups excluding carboxylic acids is 9. The summed E-state index contributed by atoms with van der Waals surface area (Å²) >= 11 is 0. The summed E-state index contributed by atoms with van der Waals surface area (Å²) in [6.07, 6.45) is 1.26. The second-order valence-corrected chi connectivity index (χ2v) is 13.4. The van der Waals surface area contributed by atoms with Crippen LogP contribution in [0.1, 0.15) is 66.2 Å². The Kier molecular flexibility index (Phi) is 14.9. The zero-order valence-electron chi connectivity index (χ0n) is 29.9. The number of likely N-dealkylation sites (tertiary alicyclic amines) is 3. The van der Waals surface area contributed by atoms with Gasteiger partial charge in [-0.2, -0.15) is 0 Å². The van der Waals surface area contributed by atoms with Crippen LogP contribution in [0.15, 0.2) is 0 Å². The maximum Gasteiger partial charge on any atom is 0.246 e. The smallest absolute Gasteiger partial charge is 0.246 e. The first-order valence-corrected chi connectivity index (χ1v) is 17.4. The summed E-state index contributed by atoms with van der Waals surface area (Å²) in [5.74, 6) is -6.01. The molecule has 20 nitrogen and oxygen atoms in total. The fourth-order valence-electron chi connectivity index (χ4n) is 6.58. The van der Waals surface area contributed by atoms with E-state index in [0.717, 1.165) is 0 Å². The van der Waals surface area contributed by atoms with Gasteiger partial charge < -0.3 is 57.2 Å². The largest absolute Gasteiger partial charge is 0.394 e. The second kappa shape index (κ2) is 18.6. The van der Waals surface area contributed by atoms with Crippen LogP contribution in [0.2, 0.25) is 0 Å². The molecule has 8 atom stereocenters. The molecule has 3 aliphatic heterocycles. The number of nitrogens with one attached hydrogen (secondary N) is 5. The molecule has 3 saturated heterocycles. The molecule has 0 aromatic carbocycles. The van der Waals surface area contributed by atoms with E-state index < -0.39 is 109 Å². The fourth-order valence-corrected chi connectivity index (χ4v) is 6.58. The Morgan fingerprint density at radius 2 is 1.27 bits per heavy atom. The van der Waals surface area contributed by atoms with Gasteiger partial charge >= 0.3 is 0 Å². The van der Waals surface area contributed by atoms with Gasteiger partial charge in [0.2, 0.25) is 53.2 Å². The topological polar surface area (TPSA) is 290 Å². The van der Waals surface area contributed by atoms with Gasteiger partial charge in [-0.1, -0.05) is 0 Å². The highest BCUT2D eigenvalue weighted by molar-refractivity contribution is 5.98. The molecule has 20 heteroatoms. The van der Waals surface area contributed by atoms with Crippen LogP contribution in [0.5, 0.6) is 0 Å². The summed E-state index contributed by atoms with van der Waals surface area (Å²) in [6.45, 7) is 4.75. The lowest BCUT2D eigenvalue weighted by molar-refractivity contribution is -0.148. The predicted molar refractivity (Wildman–Crippen MR) is 180 cm³/mol. The molecule has 8 unspecified atom stereocenters. The van der Waals surface area contributed by atoms with E-state index in [2.05, 4.69) is 26.6 Å². The lowest BCUT2D eigenvalue weighted by Gasteiger charge is -2.33. The molecule has 3 heterocycles. The lowest BCUT2D eigenvalue weighted by Crippen LogP contribution is -2.61. The van der Waals surface area contributed by atoms with Crippen molar-refractivity contribution in [2.75, 3.05) is 32.8 Å². The van der Waals surface area contributed by atoms with Crippen molar-refractivity contribution >= 4 is 53.2 Å². The number of nitrogens with two attached hydrogens (primary N) is 1. The molecular formula is C32H51N9O11. The summed E-state index contributed by atoms with van der Waals surface area (Å²) in [7, 11) is 0. The molecule has 0 bridgehead atoms. The number of primary amides is 1. The van der Waals surface area contributed by atoms with Crippen LogP contribution in [-0.4, -0.2) is 159 Å². The molecule has 9 amide bonds. The zero-order valence-corrected chi connectivity index (χ0v) is 29.9. The number of rotatable bonds is 15. The van der Waals surface area contributed by atoms with E-state index in [1.54, 1.807) is 0 Å². The van der Waals surface area contributed by atoms with Crippen LogP contribution in [0.4, 0.5) is 0 Å². The molecule has 9 N–H and O–H groups in total. The number of amides is 9. The summed E-state index contributed by atoms with van der Waals surface area (Å²) < 4.78 is 0. The molecule has 0 aromatic rings. The predicted octanol–water partition coefficient (Wildman–Crippen LogP) is -5.07. The first-order chi connectivity index (χ1) is 24.5. The van der Waals surface area contributed by atoms with Gasteiger partial charge in [-0.05, 0) is 59.3 Å². The molecule has 0 radical (unpaired) electrons. The fraction of sp³-hybridized carbons (Fsp3) is 0.719. The van der Waals surface area contributed by atoms with E-state index in [0.29, 0.717) is 45.1 Å². The summed E-state index contributed by atoms with van der Waals surface area (Å²) in [4.78, 5) is 118. The molecule has 3 aliphatic rings. The quantitative estimate of drug-likeness (QED) is 0.0787. The Hall–Kier alpha value is -4.85. The van der Waals surface area contributed by atoms with Crippen LogP contribution in [-0.2, 0) is 43.2 Å². The Balaban J connectivity index is 1.56. The SMILES string of the molecule is CC(=O)N1CCCC1C(=O)NCC(=O)NC(CO)C(=O)NC(C(=O)NC(C)C(=O)N1CCCC1C(=O)N1CCCC1C(=O)NC(C)C(N)=O)C(C)O. The normalized spacial score (nSPS) is 22.7. The Morgan fingerprint density at radius 1 is 0.712 bits per heavy atom. The summed E-state index contributed by atoms with van der Waals surface area (Å²) in [6, 6.07) is -7.85. The van der Waals surface area contributed by atoms with Gasteiger partial charge in [0.05, 0.1) is 19.3 Å². The van der Waals surface area contributed by atoms with Crippen molar-refractivity contribution in [2.24, 2.45) is 5.73 Å². The Labute approximate surface area is 300 Å². The van der Waals surface area contributed by atoms with E-state index in [9.17, 15) is 53.4 Å². The average Bonchev–Trinajstić information content (AvgIpc) is 3.88. The number of carbonyl (C=O) groups is 9. The van der Waals surface area contributed by atoms with Gasteiger partial charge in [-0.3, -0.25) is 43.2 Å². The molecule has 290 valence electrons. The maximum absolute atomic E-state index is 13.6. The van der Waals surface area contributed by atoms with E-state index >= 15 is 0 Å². The highest BCUT2D eigenvalue weighted by Gasteiger charge is 2.43. The molecule has 52 heavy (non-hydrogen) atoms. The third kappa shape index (κ3) is 10.4. The molecular weight excluding hydrogens is 686 g/mol. The molecule has 0 aliphatic carbocycles. The third-order valence-corrected chi connectivity index (χ3v) is 9.45. The van der Waals surface area contributed by atoms with Gasteiger partial charge in [0, 0.05) is 26.6 Å². The van der Waals surface area contributed by atoms with Gasteiger partial charge in [-0.25, -0.2) is 0 Å². The minimum Gasteiger partial charge on any atom is -0.394 e. The van der Waals surface area contributed by atoms with Crippen LogP contribution < -0.4 is 32.3 Å². The van der Waals surface area contributed by atoms with Gasteiger partial charge in [0.15, 0.2) is 0 Å². The van der Waals surface area contributed by atoms with Crippen LogP contribution in [0.3, 0.4) is 0 Å². The number of nitrogens with zero attached hydrogens (tertiary/aromatic N) is 3. The van der Waals surface area contributed by atoms with Crippen molar-refractivity contribution in [3.63, 3.8) is 0 Å². The number of hydrogen-bond acceptors (Lipinski definition) is 11. The van der Waals surface area contributed by atoms with Gasteiger partial charge in [0.1, 0.15) is 42.3 Å². The summed E-state index contributed by atoms with van der Waals surface area (Å²) in [5, 5.41) is 31.9. The maximum atomic E-state index is 13.6. The lowest BCUT2D eigenvalue weighted by atomic mass is 10.1. The Morgan fingerprint density at radius 3 is 1.83 bits per heavy atom. The van der Waals surface area contributed by atoms with Crippen molar-refractivity contribution in [3.8, 4) is 0 Å². The molecule has 3 rings (SSSR count). The van der Waals surface area contributed by atoms with Crippen LogP contribution in [0.25, 0.3) is 0 Å². The van der Waals surface area contributed by atoms with E-state index in [1.165, 1.54) is 42.4 Å². The minimum atomic E-state index is -1.63.